The van der Waals surface area contributed by atoms with Crippen molar-refractivity contribution in [2.45, 2.75) is 6.92 Å². The third-order valence-corrected chi connectivity index (χ3v) is 4.10. The molecule has 1 heterocycles. The summed E-state index contributed by atoms with van der Waals surface area (Å²) in [6, 6.07) is 14.6. The average Bonchev–Trinajstić information content (AvgIpc) is 2.78. The number of carbonyl (C=O) groups is 2. The highest BCUT2D eigenvalue weighted by molar-refractivity contribution is 9.10. The largest absolute Gasteiger partial charge is 0.298 e. The van der Waals surface area contributed by atoms with E-state index in [0.29, 0.717) is 16.8 Å². The summed E-state index contributed by atoms with van der Waals surface area (Å²) in [5, 5.41) is 0.801. The molecule has 3 nitrogen and oxygen atoms in total. The normalized spacial score (nSPS) is 10.8. The van der Waals surface area contributed by atoms with Crippen LogP contribution >= 0.6 is 15.9 Å². The smallest absolute Gasteiger partial charge is 0.262 e. The monoisotopic (exact) mass is 341 g/mol. The van der Waals surface area contributed by atoms with Crippen molar-refractivity contribution in [2.24, 2.45) is 0 Å². The molecule has 4 heteroatoms. The molecule has 0 aliphatic rings. The Bertz CT molecular complexity index is 847. The van der Waals surface area contributed by atoms with E-state index in [4.69, 9.17) is 0 Å². The lowest BCUT2D eigenvalue weighted by Crippen LogP contribution is -2.13. The first kappa shape index (κ1) is 13.8. The second kappa shape index (κ2) is 5.30. The van der Waals surface area contributed by atoms with Crippen LogP contribution in [0, 0.1) is 6.92 Å². The molecule has 3 rings (SSSR count). The Balaban J connectivity index is 2.25. The fraction of sp³-hybridized carbons (Fsp3) is 0.0588. The van der Waals surface area contributed by atoms with Crippen LogP contribution in [0.25, 0.3) is 10.9 Å². The number of hydrogen-bond acceptors (Lipinski definition) is 2. The molecule has 1 aromatic heterocycles. The second-order valence-electron chi connectivity index (χ2n) is 4.78. The van der Waals surface area contributed by atoms with Gasteiger partial charge in [-0.2, -0.15) is 0 Å². The fourth-order valence-corrected chi connectivity index (χ4v) is 2.79. The van der Waals surface area contributed by atoms with Crippen LogP contribution in [0.5, 0.6) is 0 Å². The molecule has 0 saturated carbocycles. The number of carbonyl (C=O) groups excluding carboxylic acids is 2. The summed E-state index contributed by atoms with van der Waals surface area (Å²) >= 11 is 3.36. The van der Waals surface area contributed by atoms with Gasteiger partial charge in [0.2, 0.25) is 0 Å². The number of fused-ring (bicyclic) bond motifs is 1. The van der Waals surface area contributed by atoms with E-state index in [1.807, 2.05) is 36.4 Å². The molecule has 0 bridgehead atoms. The Morgan fingerprint density at radius 2 is 1.76 bits per heavy atom. The zero-order valence-corrected chi connectivity index (χ0v) is 12.9. The summed E-state index contributed by atoms with van der Waals surface area (Å²) in [6.07, 6.45) is 0.809. The molecule has 0 aliphatic carbocycles. The third-order valence-electron chi connectivity index (χ3n) is 3.57. The van der Waals surface area contributed by atoms with E-state index in [-0.39, 0.29) is 5.91 Å². The zero-order valence-electron chi connectivity index (χ0n) is 11.3. The molecule has 104 valence electrons. The van der Waals surface area contributed by atoms with Crippen LogP contribution in [0.4, 0.5) is 0 Å². The molecule has 0 saturated heterocycles. The minimum atomic E-state index is -0.135. The van der Waals surface area contributed by atoms with Crippen molar-refractivity contribution in [1.82, 2.24) is 4.57 Å². The van der Waals surface area contributed by atoms with Crippen LogP contribution in [0.2, 0.25) is 0 Å². The molecule has 0 spiro atoms. The first-order valence-electron chi connectivity index (χ1n) is 6.49. The molecule has 0 N–H and O–H groups in total. The molecule has 0 amide bonds. The summed E-state index contributed by atoms with van der Waals surface area (Å²) in [4.78, 5) is 24.1. The van der Waals surface area contributed by atoms with Gasteiger partial charge in [-0.25, -0.2) is 0 Å². The summed E-state index contributed by atoms with van der Waals surface area (Å²) < 4.78 is 2.52. The van der Waals surface area contributed by atoms with Crippen molar-refractivity contribution in [1.29, 1.82) is 0 Å². The van der Waals surface area contributed by atoms with Crippen molar-refractivity contribution in [2.75, 3.05) is 0 Å². The number of hydrogen-bond donors (Lipinski definition) is 0. The van der Waals surface area contributed by atoms with Crippen molar-refractivity contribution in [3.63, 3.8) is 0 Å². The predicted octanol–water partition coefficient (Wildman–Crippen LogP) is 4.21. The molecule has 0 atom stereocenters. The molecule has 3 aromatic rings. The summed E-state index contributed by atoms with van der Waals surface area (Å²) in [6.45, 7) is 1.79. The van der Waals surface area contributed by atoms with Crippen LogP contribution in [-0.4, -0.2) is 16.8 Å². The first-order chi connectivity index (χ1) is 10.1. The Morgan fingerprint density at radius 1 is 1.10 bits per heavy atom. The average molecular weight is 342 g/mol. The van der Waals surface area contributed by atoms with Crippen LogP contribution < -0.4 is 0 Å². The minimum Gasteiger partial charge on any atom is -0.298 e. The molecule has 21 heavy (non-hydrogen) atoms. The van der Waals surface area contributed by atoms with E-state index in [1.165, 1.54) is 0 Å². The lowest BCUT2D eigenvalue weighted by atomic mass is 10.1. The van der Waals surface area contributed by atoms with Gasteiger partial charge in [0.05, 0.1) is 5.52 Å². The van der Waals surface area contributed by atoms with Gasteiger partial charge in [-0.05, 0) is 37.3 Å². The van der Waals surface area contributed by atoms with E-state index in [2.05, 4.69) is 15.9 Å². The van der Waals surface area contributed by atoms with Crippen molar-refractivity contribution >= 4 is 39.0 Å². The molecular weight excluding hydrogens is 330 g/mol. The van der Waals surface area contributed by atoms with Gasteiger partial charge in [-0.3, -0.25) is 14.2 Å². The third kappa shape index (κ3) is 2.21. The number of rotatable bonds is 2. The predicted molar refractivity (Wildman–Crippen MR) is 85.9 cm³/mol. The maximum Gasteiger partial charge on any atom is 0.262 e. The molecular formula is C17H12BrNO2. The van der Waals surface area contributed by atoms with Crippen LogP contribution in [0.15, 0.2) is 53.0 Å². The van der Waals surface area contributed by atoms with Gasteiger partial charge < -0.3 is 0 Å². The van der Waals surface area contributed by atoms with Gasteiger partial charge >= 0.3 is 0 Å². The number of halogens is 1. The Morgan fingerprint density at radius 3 is 2.43 bits per heavy atom. The lowest BCUT2D eigenvalue weighted by molar-refractivity contribution is 0.0963. The van der Waals surface area contributed by atoms with Crippen molar-refractivity contribution in [3.05, 3.63) is 69.8 Å². The van der Waals surface area contributed by atoms with Gasteiger partial charge in [0.1, 0.15) is 0 Å². The standard InChI is InChI=1S/C17H12BrNO2/c1-11-15(10-20)14-4-2-3-5-16(14)19(11)17(21)12-6-8-13(18)9-7-12/h2-10H,1H3. The van der Waals surface area contributed by atoms with Gasteiger partial charge in [0.15, 0.2) is 6.29 Å². The molecule has 0 fully saturated rings. The van der Waals surface area contributed by atoms with Crippen molar-refractivity contribution < 1.29 is 9.59 Å². The Hall–Kier alpha value is -2.20. The SMILES string of the molecule is Cc1c(C=O)c2ccccc2n1C(=O)c1ccc(Br)cc1. The Labute approximate surface area is 130 Å². The van der Waals surface area contributed by atoms with Crippen molar-refractivity contribution in [3.8, 4) is 0 Å². The number of para-hydroxylation sites is 1. The van der Waals surface area contributed by atoms with E-state index < -0.39 is 0 Å². The number of aromatic nitrogens is 1. The fourth-order valence-electron chi connectivity index (χ4n) is 2.52. The summed E-state index contributed by atoms with van der Waals surface area (Å²) in [7, 11) is 0. The maximum absolute atomic E-state index is 12.8. The molecule has 2 aromatic carbocycles. The van der Waals surface area contributed by atoms with E-state index >= 15 is 0 Å². The van der Waals surface area contributed by atoms with Crippen LogP contribution in [0.1, 0.15) is 26.4 Å². The molecule has 0 unspecified atom stereocenters. The van der Waals surface area contributed by atoms with Gasteiger partial charge in [-0.15, -0.1) is 0 Å². The van der Waals surface area contributed by atoms with Gasteiger partial charge in [0, 0.05) is 26.7 Å². The van der Waals surface area contributed by atoms with Crippen LogP contribution in [-0.2, 0) is 0 Å². The number of aldehydes is 1. The second-order valence-corrected chi connectivity index (χ2v) is 5.70. The summed E-state index contributed by atoms with van der Waals surface area (Å²) in [5.74, 6) is -0.135. The van der Waals surface area contributed by atoms with Crippen LogP contribution in [0.3, 0.4) is 0 Å². The highest BCUT2D eigenvalue weighted by atomic mass is 79.9. The number of nitrogens with zero attached hydrogens (tertiary/aromatic N) is 1. The first-order valence-corrected chi connectivity index (χ1v) is 7.28. The van der Waals surface area contributed by atoms with E-state index in [9.17, 15) is 9.59 Å². The Kier molecular flexibility index (Phi) is 3.47. The van der Waals surface area contributed by atoms with E-state index in [0.717, 1.165) is 21.7 Å². The number of benzene rings is 2. The zero-order chi connectivity index (χ0) is 15.0. The molecule has 0 radical (unpaired) electrons. The topological polar surface area (TPSA) is 39.1 Å². The lowest BCUT2D eigenvalue weighted by Gasteiger charge is -2.07. The maximum atomic E-state index is 12.8. The highest BCUT2D eigenvalue weighted by Crippen LogP contribution is 2.25. The highest BCUT2D eigenvalue weighted by Gasteiger charge is 2.18. The van der Waals surface area contributed by atoms with E-state index in [1.54, 1.807) is 23.6 Å². The quantitative estimate of drug-likeness (QED) is 0.655. The van der Waals surface area contributed by atoms with Gasteiger partial charge in [0.25, 0.3) is 5.91 Å². The molecule has 0 aliphatic heterocycles. The minimum absolute atomic E-state index is 0.135. The van der Waals surface area contributed by atoms with Gasteiger partial charge in [-0.1, -0.05) is 34.1 Å². The summed E-state index contributed by atoms with van der Waals surface area (Å²) in [5.41, 5.74) is 2.57.